The number of hydrogen-bond acceptors (Lipinski definition) is 0. The highest BCUT2D eigenvalue weighted by Crippen LogP contribution is 1.97. The minimum absolute atomic E-state index is 0.664. The number of hydrogen-bond donors (Lipinski definition) is 0. The Labute approximate surface area is 128 Å². The smallest absolute Gasteiger partial charge is 0.0287 e. The minimum atomic E-state index is 0.664. The Balaban J connectivity index is 0. The van der Waals surface area contributed by atoms with Gasteiger partial charge in [0.15, 0.2) is 0 Å². The Kier molecular flexibility index (Phi) is 15.3. The van der Waals surface area contributed by atoms with Gasteiger partial charge in [-0.25, -0.2) is 0 Å². The van der Waals surface area contributed by atoms with Crippen molar-refractivity contribution in [1.29, 1.82) is 0 Å². The van der Waals surface area contributed by atoms with Gasteiger partial charge in [-0.05, 0) is 23.7 Å². The van der Waals surface area contributed by atoms with E-state index in [1.165, 1.54) is 0 Å². The summed E-state index contributed by atoms with van der Waals surface area (Å²) >= 11 is 0. The Morgan fingerprint density at radius 1 is 0.350 bits per heavy atom. The van der Waals surface area contributed by atoms with E-state index < -0.39 is 0 Å². The predicted octanol–water partition coefficient (Wildman–Crippen LogP) is 6.82. The van der Waals surface area contributed by atoms with Crippen molar-refractivity contribution in [1.82, 2.24) is 0 Å². The van der Waals surface area contributed by atoms with E-state index in [4.69, 9.17) is 0 Å². The zero-order chi connectivity index (χ0) is 16.0. The summed E-state index contributed by atoms with van der Waals surface area (Å²) < 4.78 is 0. The molecule has 0 saturated carbocycles. The summed E-state index contributed by atoms with van der Waals surface area (Å²) in [6.45, 7) is 17.4. The molecule has 0 aliphatic rings. The normalized spacial score (nSPS) is 13.0. The van der Waals surface area contributed by atoms with E-state index >= 15 is 0 Å². The van der Waals surface area contributed by atoms with Crippen LogP contribution in [0.4, 0.5) is 0 Å². The summed E-state index contributed by atoms with van der Waals surface area (Å²) in [6.07, 6.45) is 17.2. The molecule has 0 aromatic carbocycles. The second kappa shape index (κ2) is 14.4. The third-order valence-electron chi connectivity index (χ3n) is 2.21. The quantitative estimate of drug-likeness (QED) is 0.467. The van der Waals surface area contributed by atoms with Crippen LogP contribution in [0.3, 0.4) is 0 Å². The summed E-state index contributed by atoms with van der Waals surface area (Å²) in [6, 6.07) is 0. The molecule has 0 heteroatoms. The van der Waals surface area contributed by atoms with Crippen molar-refractivity contribution in [3.8, 4) is 0 Å². The van der Waals surface area contributed by atoms with Crippen molar-refractivity contribution in [2.45, 2.75) is 55.4 Å². The van der Waals surface area contributed by atoms with Gasteiger partial charge in [-0.1, -0.05) is 104 Å². The predicted molar refractivity (Wildman–Crippen MR) is 95.9 cm³/mol. The van der Waals surface area contributed by atoms with Crippen molar-refractivity contribution < 1.29 is 0 Å². The van der Waals surface area contributed by atoms with Crippen molar-refractivity contribution in [2.75, 3.05) is 0 Å². The average molecular weight is 277 g/mol. The molecular weight excluding hydrogens is 240 g/mol. The molecule has 20 heavy (non-hydrogen) atoms. The third-order valence-corrected chi connectivity index (χ3v) is 2.21. The molecule has 0 nitrogen and oxygen atoms in total. The summed E-state index contributed by atoms with van der Waals surface area (Å²) in [7, 11) is 0. The van der Waals surface area contributed by atoms with E-state index in [9.17, 15) is 0 Å². The molecule has 0 aliphatic heterocycles. The Bertz CT molecular complexity index is 232. The lowest BCUT2D eigenvalue weighted by Crippen LogP contribution is -1.77. The van der Waals surface area contributed by atoms with Crippen LogP contribution in [0.2, 0.25) is 0 Å². The summed E-state index contributed by atoms with van der Waals surface area (Å²) in [4.78, 5) is 0. The van der Waals surface area contributed by atoms with Gasteiger partial charge in [0.1, 0.15) is 0 Å². The van der Waals surface area contributed by atoms with Crippen molar-refractivity contribution in [3.05, 3.63) is 48.6 Å². The molecular formula is C20H36. The molecule has 0 unspecified atom stereocenters. The Hall–Kier alpha value is -1.04. The molecule has 0 amide bonds. The van der Waals surface area contributed by atoms with Gasteiger partial charge < -0.3 is 0 Å². The molecule has 0 N–H and O–H groups in total. The van der Waals surface area contributed by atoms with Gasteiger partial charge in [-0.3, -0.25) is 0 Å². The zero-order valence-corrected chi connectivity index (χ0v) is 14.9. The molecule has 0 radical (unpaired) electrons. The largest absolute Gasteiger partial charge is 0.0820 e. The van der Waals surface area contributed by atoms with Crippen LogP contribution in [0, 0.1) is 23.7 Å². The monoisotopic (exact) mass is 276 g/mol. The van der Waals surface area contributed by atoms with E-state index in [1.54, 1.807) is 0 Å². The van der Waals surface area contributed by atoms with Crippen LogP contribution < -0.4 is 0 Å². The van der Waals surface area contributed by atoms with E-state index in [0.717, 1.165) is 0 Å². The molecule has 0 fully saturated rings. The molecule has 0 aromatic rings. The molecule has 0 heterocycles. The van der Waals surface area contributed by atoms with E-state index in [-0.39, 0.29) is 0 Å². The molecule has 0 atom stereocenters. The van der Waals surface area contributed by atoms with Crippen LogP contribution in [-0.4, -0.2) is 0 Å². The Morgan fingerprint density at radius 2 is 0.500 bits per heavy atom. The minimum Gasteiger partial charge on any atom is -0.0820 e. The van der Waals surface area contributed by atoms with Crippen molar-refractivity contribution in [2.24, 2.45) is 23.7 Å². The van der Waals surface area contributed by atoms with Crippen LogP contribution in [0.1, 0.15) is 55.4 Å². The van der Waals surface area contributed by atoms with Gasteiger partial charge in [-0.2, -0.15) is 0 Å². The van der Waals surface area contributed by atoms with Crippen LogP contribution in [0.25, 0.3) is 0 Å². The fourth-order valence-electron chi connectivity index (χ4n) is 1.15. The maximum Gasteiger partial charge on any atom is -0.0287 e. The standard InChI is InChI=1S/2C10H18/c2*1-9(2)7-5-6-8-10(3)4/h2*5-10H,1-4H3/b2*7-5-,8-6-. The number of rotatable bonds is 6. The van der Waals surface area contributed by atoms with Gasteiger partial charge in [0.05, 0.1) is 0 Å². The van der Waals surface area contributed by atoms with Gasteiger partial charge >= 0.3 is 0 Å². The Morgan fingerprint density at radius 3 is 0.600 bits per heavy atom. The molecule has 0 aromatic heterocycles. The number of allylic oxidation sites excluding steroid dienone is 8. The summed E-state index contributed by atoms with van der Waals surface area (Å²) in [5.74, 6) is 2.65. The van der Waals surface area contributed by atoms with Crippen molar-refractivity contribution in [3.63, 3.8) is 0 Å². The summed E-state index contributed by atoms with van der Waals surface area (Å²) in [5.41, 5.74) is 0. The highest BCUT2D eigenvalue weighted by atomic mass is 13.9. The zero-order valence-electron chi connectivity index (χ0n) is 14.9. The van der Waals surface area contributed by atoms with Crippen LogP contribution in [-0.2, 0) is 0 Å². The van der Waals surface area contributed by atoms with Gasteiger partial charge in [0, 0.05) is 0 Å². The van der Waals surface area contributed by atoms with Crippen LogP contribution in [0.5, 0.6) is 0 Å². The lowest BCUT2D eigenvalue weighted by atomic mass is 10.2. The molecule has 0 rings (SSSR count). The fraction of sp³-hybridized carbons (Fsp3) is 0.600. The van der Waals surface area contributed by atoms with Gasteiger partial charge in [0.2, 0.25) is 0 Å². The second-order valence-electron chi connectivity index (χ2n) is 6.52. The fourth-order valence-corrected chi connectivity index (χ4v) is 1.15. The topological polar surface area (TPSA) is 0 Å². The molecule has 0 spiro atoms. The molecule has 0 saturated heterocycles. The van der Waals surface area contributed by atoms with Gasteiger partial charge in [0.25, 0.3) is 0 Å². The first-order valence-corrected chi connectivity index (χ1v) is 7.95. The van der Waals surface area contributed by atoms with Gasteiger partial charge in [-0.15, -0.1) is 0 Å². The highest BCUT2D eigenvalue weighted by Gasteiger charge is 1.82. The van der Waals surface area contributed by atoms with E-state index in [0.29, 0.717) is 23.7 Å². The lowest BCUT2D eigenvalue weighted by molar-refractivity contribution is 0.825. The SMILES string of the molecule is CC(C)/C=C\C=C/C(C)C.CC(C)/C=C\C=C/C(C)C. The molecule has 116 valence electrons. The first-order valence-electron chi connectivity index (χ1n) is 7.95. The lowest BCUT2D eigenvalue weighted by Gasteiger charge is -1.91. The maximum atomic E-state index is 2.19. The summed E-state index contributed by atoms with van der Waals surface area (Å²) in [5, 5.41) is 0. The molecule has 0 aliphatic carbocycles. The van der Waals surface area contributed by atoms with E-state index in [1.807, 2.05) is 0 Å². The van der Waals surface area contributed by atoms with E-state index in [2.05, 4.69) is 104 Å². The highest BCUT2D eigenvalue weighted by molar-refractivity contribution is 5.04. The first kappa shape index (κ1) is 21.3. The van der Waals surface area contributed by atoms with Crippen molar-refractivity contribution >= 4 is 0 Å². The van der Waals surface area contributed by atoms with Crippen LogP contribution in [0.15, 0.2) is 48.6 Å². The first-order chi connectivity index (χ1) is 9.25. The maximum absolute atomic E-state index is 2.19. The molecule has 0 bridgehead atoms. The third kappa shape index (κ3) is 25.7. The van der Waals surface area contributed by atoms with Crippen LogP contribution >= 0.6 is 0 Å². The average Bonchev–Trinajstić information content (AvgIpc) is 2.30. The second-order valence-corrected chi connectivity index (χ2v) is 6.52.